The van der Waals surface area contributed by atoms with Gasteiger partial charge in [0, 0.05) is 38.2 Å². The summed E-state index contributed by atoms with van der Waals surface area (Å²) in [6, 6.07) is 49.7. The molecule has 5 nitrogen and oxygen atoms in total. The number of aromatic nitrogens is 2. The van der Waals surface area contributed by atoms with Crippen LogP contribution in [0.1, 0.15) is 0 Å². The van der Waals surface area contributed by atoms with E-state index in [1.54, 1.807) is 0 Å². The molecule has 0 saturated heterocycles. The van der Waals surface area contributed by atoms with Crippen molar-refractivity contribution >= 4 is 67.5 Å². The van der Waals surface area contributed by atoms with E-state index in [0.717, 1.165) is 65.8 Å². The Hall–Kier alpha value is -5.64. The van der Waals surface area contributed by atoms with Gasteiger partial charge in [-0.3, -0.25) is 4.57 Å². The summed E-state index contributed by atoms with van der Waals surface area (Å²) in [7, 11) is -3.44. The molecule has 0 saturated carbocycles. The van der Waals surface area contributed by atoms with Crippen molar-refractivity contribution in [1.29, 1.82) is 0 Å². The van der Waals surface area contributed by atoms with Gasteiger partial charge in [-0.15, -0.1) is 0 Å². The summed E-state index contributed by atoms with van der Waals surface area (Å²) >= 11 is 0. The zero-order valence-corrected chi connectivity index (χ0v) is 24.9. The lowest BCUT2D eigenvalue weighted by Crippen LogP contribution is -2.31. The maximum absolute atomic E-state index is 15.7. The van der Waals surface area contributed by atoms with Crippen molar-refractivity contribution in [3.05, 3.63) is 152 Å². The molecule has 0 aliphatic carbocycles. The topological polar surface area (TPSA) is 61.2 Å². The zero-order valence-electron chi connectivity index (χ0n) is 24.0. The average molecular weight is 601 g/mol. The smallest absolute Gasteiger partial charge is 0.299 e. The Kier molecular flexibility index (Phi) is 5.71. The van der Waals surface area contributed by atoms with E-state index in [-0.39, 0.29) is 0 Å². The quantitative estimate of drug-likeness (QED) is 0.185. The van der Waals surface area contributed by atoms with Gasteiger partial charge < -0.3 is 13.4 Å². The number of hydrogen-bond donors (Lipinski definition) is 0. The molecule has 0 amide bonds. The summed E-state index contributed by atoms with van der Waals surface area (Å²) in [5.74, 6) is 0.501. The van der Waals surface area contributed by atoms with Crippen LogP contribution in [-0.2, 0) is 4.57 Å². The van der Waals surface area contributed by atoms with E-state index in [0.29, 0.717) is 11.3 Å². The second-order valence-electron chi connectivity index (χ2n) is 11.1. The van der Waals surface area contributed by atoms with Crippen LogP contribution in [0.3, 0.4) is 0 Å². The highest BCUT2D eigenvalue weighted by molar-refractivity contribution is 7.85. The first-order chi connectivity index (χ1) is 22.2. The third kappa shape index (κ3) is 3.81. The van der Waals surface area contributed by atoms with Gasteiger partial charge in [-0.2, -0.15) is 0 Å². The van der Waals surface area contributed by atoms with Gasteiger partial charge in [-0.1, -0.05) is 127 Å². The third-order valence-corrected chi connectivity index (χ3v) is 11.4. The fourth-order valence-electron chi connectivity index (χ4n) is 6.52. The molecule has 214 valence electrons. The van der Waals surface area contributed by atoms with Gasteiger partial charge in [-0.25, -0.2) is 4.98 Å². The number of nitrogens with zero attached hydrogens (tertiary/aromatic N) is 2. The second-order valence-corrected chi connectivity index (χ2v) is 13.7. The summed E-state index contributed by atoms with van der Waals surface area (Å²) in [5.41, 5.74) is 6.35. The van der Waals surface area contributed by atoms with E-state index in [1.807, 2.05) is 121 Å². The number of rotatable bonds is 5. The molecule has 3 heterocycles. The molecule has 9 rings (SSSR count). The third-order valence-electron chi connectivity index (χ3n) is 8.53. The Morgan fingerprint density at radius 1 is 0.556 bits per heavy atom. The van der Waals surface area contributed by atoms with Crippen molar-refractivity contribution in [3.63, 3.8) is 0 Å². The highest BCUT2D eigenvalue weighted by atomic mass is 31.2. The van der Waals surface area contributed by atoms with Gasteiger partial charge in [0.1, 0.15) is 11.2 Å². The van der Waals surface area contributed by atoms with Crippen LogP contribution in [0.2, 0.25) is 0 Å². The van der Waals surface area contributed by atoms with Gasteiger partial charge in [-0.05, 0) is 24.3 Å². The first kappa shape index (κ1) is 25.8. The van der Waals surface area contributed by atoms with Crippen molar-refractivity contribution in [3.8, 4) is 16.8 Å². The van der Waals surface area contributed by atoms with Crippen LogP contribution in [0.4, 0.5) is 0 Å². The number of hydrogen-bond acceptors (Lipinski definition) is 4. The summed E-state index contributed by atoms with van der Waals surface area (Å²) in [4.78, 5) is 5.20. The molecule has 6 aromatic carbocycles. The van der Waals surface area contributed by atoms with E-state index >= 15 is 4.57 Å². The lowest BCUT2D eigenvalue weighted by Gasteiger charge is -2.21. The van der Waals surface area contributed by atoms with Crippen LogP contribution in [-0.4, -0.2) is 9.55 Å². The number of benzene rings is 6. The van der Waals surface area contributed by atoms with Gasteiger partial charge in [0.2, 0.25) is 7.14 Å². The number of fused-ring (bicyclic) bond motifs is 6. The molecule has 0 aliphatic rings. The Morgan fingerprint density at radius 2 is 1.16 bits per heavy atom. The van der Waals surface area contributed by atoms with Crippen LogP contribution in [0, 0.1) is 0 Å². The Bertz CT molecular complexity index is 2520. The minimum absolute atomic E-state index is 0.500. The van der Waals surface area contributed by atoms with Crippen molar-refractivity contribution < 1.29 is 13.4 Å². The zero-order chi connectivity index (χ0) is 30.0. The van der Waals surface area contributed by atoms with E-state index < -0.39 is 7.14 Å². The van der Waals surface area contributed by atoms with E-state index in [9.17, 15) is 0 Å². The SMILES string of the molecule is O=P(c1ccccc1)(c1ccccc1)c1nc2cccc(-c3cccc4c3oc3oc5ccccc5c34)c2n1-c1ccccc1. The van der Waals surface area contributed by atoms with Crippen molar-refractivity contribution in [2.45, 2.75) is 0 Å². The average Bonchev–Trinajstić information content (AvgIpc) is 3.79. The Balaban J connectivity index is 1.40. The van der Waals surface area contributed by atoms with Crippen LogP contribution >= 0.6 is 7.14 Å². The molecule has 0 atom stereocenters. The molecule has 9 aromatic rings. The lowest BCUT2D eigenvalue weighted by molar-refractivity contribution is 0.525. The monoisotopic (exact) mass is 600 g/mol. The Labute approximate surface area is 258 Å². The number of para-hydroxylation sites is 4. The van der Waals surface area contributed by atoms with Gasteiger partial charge >= 0.3 is 0 Å². The molecule has 6 heteroatoms. The first-order valence-corrected chi connectivity index (χ1v) is 16.5. The largest absolute Gasteiger partial charge is 0.425 e. The molecule has 0 bridgehead atoms. The minimum atomic E-state index is -3.44. The van der Waals surface area contributed by atoms with Crippen molar-refractivity contribution in [2.75, 3.05) is 0 Å². The lowest BCUT2D eigenvalue weighted by atomic mass is 10.0. The predicted octanol–water partition coefficient (Wildman–Crippen LogP) is 8.98. The molecule has 0 N–H and O–H groups in total. The number of imidazole rings is 1. The van der Waals surface area contributed by atoms with Crippen molar-refractivity contribution in [2.24, 2.45) is 0 Å². The van der Waals surface area contributed by atoms with Gasteiger partial charge in [0.05, 0.1) is 16.4 Å². The molecule has 3 aromatic heterocycles. The second kappa shape index (κ2) is 9.95. The molecule has 0 spiro atoms. The van der Waals surface area contributed by atoms with Gasteiger partial charge in [0.15, 0.2) is 5.57 Å². The molecule has 0 radical (unpaired) electrons. The fourth-order valence-corrected chi connectivity index (χ4v) is 9.21. The maximum atomic E-state index is 15.7. The summed E-state index contributed by atoms with van der Waals surface area (Å²) < 4.78 is 30.4. The highest BCUT2D eigenvalue weighted by Crippen LogP contribution is 2.46. The molecule has 45 heavy (non-hydrogen) atoms. The maximum Gasteiger partial charge on any atom is 0.299 e. The standard InChI is InChI=1S/C39H25N2O3P/c42-45(27-16-6-2-7-17-27,28-18-8-3-9-19-28)39-40-33-24-13-21-29(36(33)41(39)26-14-4-1-5-15-26)30-22-12-23-32-35-31-20-10-11-25-34(31)43-38(35)44-37(30)32/h1-25H. The van der Waals surface area contributed by atoms with E-state index in [2.05, 4.69) is 34.9 Å². The summed E-state index contributed by atoms with van der Waals surface area (Å²) in [6.45, 7) is 0. The summed E-state index contributed by atoms with van der Waals surface area (Å²) in [5, 5.41) is 4.42. The highest BCUT2D eigenvalue weighted by Gasteiger charge is 2.36. The first-order valence-electron chi connectivity index (χ1n) is 14.8. The molecular formula is C39H25N2O3P. The van der Waals surface area contributed by atoms with E-state index in [4.69, 9.17) is 13.8 Å². The van der Waals surface area contributed by atoms with Crippen LogP contribution in [0.25, 0.3) is 61.0 Å². The van der Waals surface area contributed by atoms with Crippen LogP contribution in [0.15, 0.2) is 160 Å². The summed E-state index contributed by atoms with van der Waals surface area (Å²) in [6.07, 6.45) is 0. The molecule has 0 unspecified atom stereocenters. The van der Waals surface area contributed by atoms with Crippen LogP contribution < -0.4 is 16.2 Å². The molecule has 0 aliphatic heterocycles. The van der Waals surface area contributed by atoms with Gasteiger partial charge in [0.25, 0.3) is 5.78 Å². The molecular weight excluding hydrogens is 575 g/mol. The van der Waals surface area contributed by atoms with Crippen molar-refractivity contribution in [1.82, 2.24) is 9.55 Å². The molecule has 0 fully saturated rings. The normalized spacial score (nSPS) is 12.1. The number of furan rings is 2. The Morgan fingerprint density at radius 3 is 1.89 bits per heavy atom. The fraction of sp³-hybridized carbons (Fsp3) is 0. The predicted molar refractivity (Wildman–Crippen MR) is 183 cm³/mol. The van der Waals surface area contributed by atoms with Crippen LogP contribution in [0.5, 0.6) is 0 Å². The van der Waals surface area contributed by atoms with E-state index in [1.165, 1.54) is 0 Å². The minimum Gasteiger partial charge on any atom is -0.425 e.